The lowest BCUT2D eigenvalue weighted by atomic mass is 9.79. The van der Waals surface area contributed by atoms with Crippen molar-refractivity contribution in [1.82, 2.24) is 0 Å². The molecule has 0 aliphatic heterocycles. The summed E-state index contributed by atoms with van der Waals surface area (Å²) in [5, 5.41) is 0. The van der Waals surface area contributed by atoms with Crippen molar-refractivity contribution in [3.63, 3.8) is 0 Å². The summed E-state index contributed by atoms with van der Waals surface area (Å²) in [5.41, 5.74) is 10.5. The highest BCUT2D eigenvalue weighted by Gasteiger charge is 2.20. The second-order valence-corrected chi connectivity index (χ2v) is 5.03. The van der Waals surface area contributed by atoms with Crippen molar-refractivity contribution in [3.8, 4) is 0 Å². The van der Waals surface area contributed by atoms with E-state index < -0.39 is 0 Å². The van der Waals surface area contributed by atoms with Gasteiger partial charge in [0.1, 0.15) is 0 Å². The van der Waals surface area contributed by atoms with Crippen LogP contribution in [0.15, 0.2) is 18.2 Å². The van der Waals surface area contributed by atoms with Crippen LogP contribution in [0, 0.1) is 12.8 Å². The summed E-state index contributed by atoms with van der Waals surface area (Å²) in [6.45, 7) is 4.35. The van der Waals surface area contributed by atoms with Crippen LogP contribution in [0.25, 0.3) is 0 Å². The van der Waals surface area contributed by atoms with E-state index in [2.05, 4.69) is 32.0 Å². The van der Waals surface area contributed by atoms with E-state index in [9.17, 15) is 0 Å². The molecule has 82 valence electrons. The van der Waals surface area contributed by atoms with Gasteiger partial charge in [-0.3, -0.25) is 0 Å². The van der Waals surface area contributed by atoms with Crippen LogP contribution in [-0.2, 0) is 12.8 Å². The lowest BCUT2D eigenvalue weighted by Crippen LogP contribution is -2.24. The molecule has 2 atom stereocenters. The van der Waals surface area contributed by atoms with Gasteiger partial charge in [0.05, 0.1) is 0 Å². The van der Waals surface area contributed by atoms with Gasteiger partial charge in [-0.15, -0.1) is 0 Å². The van der Waals surface area contributed by atoms with Gasteiger partial charge in [-0.1, -0.05) is 18.2 Å². The third kappa shape index (κ3) is 2.40. The SMILES string of the molecule is Cc1cccc2c1CC(CC(C)N)CC2. The van der Waals surface area contributed by atoms with E-state index in [4.69, 9.17) is 5.73 Å². The molecule has 1 aliphatic carbocycles. The van der Waals surface area contributed by atoms with Gasteiger partial charge in [-0.05, 0) is 62.1 Å². The molecule has 0 spiro atoms. The first-order chi connectivity index (χ1) is 7.16. The molecule has 0 saturated heterocycles. The zero-order chi connectivity index (χ0) is 10.8. The van der Waals surface area contributed by atoms with Crippen LogP contribution in [0.5, 0.6) is 0 Å². The molecule has 1 nitrogen and oxygen atoms in total. The maximum absolute atomic E-state index is 5.88. The summed E-state index contributed by atoms with van der Waals surface area (Å²) in [7, 11) is 0. The Morgan fingerprint density at radius 2 is 2.27 bits per heavy atom. The Morgan fingerprint density at radius 3 is 3.00 bits per heavy atom. The lowest BCUT2D eigenvalue weighted by Gasteiger charge is -2.27. The normalized spacial score (nSPS) is 22.2. The monoisotopic (exact) mass is 203 g/mol. The summed E-state index contributed by atoms with van der Waals surface area (Å²) in [6, 6.07) is 7.04. The summed E-state index contributed by atoms with van der Waals surface area (Å²) in [4.78, 5) is 0. The molecule has 2 unspecified atom stereocenters. The molecule has 2 rings (SSSR count). The van der Waals surface area contributed by atoms with Crippen molar-refractivity contribution < 1.29 is 0 Å². The zero-order valence-electron chi connectivity index (χ0n) is 9.79. The fourth-order valence-corrected chi connectivity index (χ4v) is 2.77. The average molecular weight is 203 g/mol. The molecule has 1 aromatic rings. The van der Waals surface area contributed by atoms with Crippen molar-refractivity contribution in [2.45, 2.75) is 45.6 Å². The molecule has 1 aromatic carbocycles. The number of hydrogen-bond acceptors (Lipinski definition) is 1. The predicted molar refractivity (Wildman–Crippen MR) is 65.0 cm³/mol. The molecule has 2 N–H and O–H groups in total. The standard InChI is InChI=1S/C14H21N/c1-10-4-3-5-13-7-6-12(8-11(2)15)9-14(10)13/h3-5,11-12H,6-9,15H2,1-2H3. The Labute approximate surface area is 92.7 Å². The first-order valence-corrected chi connectivity index (χ1v) is 5.99. The summed E-state index contributed by atoms with van der Waals surface area (Å²) in [6.07, 6.45) is 4.98. The summed E-state index contributed by atoms with van der Waals surface area (Å²) < 4.78 is 0. The van der Waals surface area contributed by atoms with Crippen molar-refractivity contribution in [2.75, 3.05) is 0 Å². The van der Waals surface area contributed by atoms with Crippen LogP contribution < -0.4 is 5.73 Å². The van der Waals surface area contributed by atoms with Crippen molar-refractivity contribution in [2.24, 2.45) is 11.7 Å². The largest absolute Gasteiger partial charge is 0.328 e. The van der Waals surface area contributed by atoms with Crippen LogP contribution in [-0.4, -0.2) is 6.04 Å². The molecule has 0 radical (unpaired) electrons. The van der Waals surface area contributed by atoms with Gasteiger partial charge >= 0.3 is 0 Å². The maximum Gasteiger partial charge on any atom is 0.00132 e. The minimum Gasteiger partial charge on any atom is -0.328 e. The Morgan fingerprint density at radius 1 is 1.47 bits per heavy atom. The van der Waals surface area contributed by atoms with E-state index in [-0.39, 0.29) is 0 Å². The molecular formula is C14H21N. The molecule has 0 fully saturated rings. The number of rotatable bonds is 2. The van der Waals surface area contributed by atoms with Crippen LogP contribution >= 0.6 is 0 Å². The van der Waals surface area contributed by atoms with E-state index in [0.29, 0.717) is 6.04 Å². The number of fused-ring (bicyclic) bond motifs is 1. The molecule has 0 amide bonds. The van der Waals surface area contributed by atoms with E-state index >= 15 is 0 Å². The number of aryl methyl sites for hydroxylation is 2. The minimum atomic E-state index is 0.348. The average Bonchev–Trinajstić information content (AvgIpc) is 2.18. The van der Waals surface area contributed by atoms with Crippen molar-refractivity contribution in [3.05, 3.63) is 34.9 Å². The van der Waals surface area contributed by atoms with E-state index in [1.165, 1.54) is 31.2 Å². The van der Waals surface area contributed by atoms with Gasteiger partial charge < -0.3 is 5.73 Å². The van der Waals surface area contributed by atoms with Gasteiger partial charge in [0.2, 0.25) is 0 Å². The molecule has 15 heavy (non-hydrogen) atoms. The van der Waals surface area contributed by atoms with E-state index in [1.807, 2.05) is 0 Å². The highest BCUT2D eigenvalue weighted by atomic mass is 14.6. The molecule has 1 heteroatoms. The van der Waals surface area contributed by atoms with Gasteiger partial charge in [-0.2, -0.15) is 0 Å². The highest BCUT2D eigenvalue weighted by molar-refractivity contribution is 5.36. The fraction of sp³-hybridized carbons (Fsp3) is 0.571. The smallest absolute Gasteiger partial charge is 0.00132 e. The van der Waals surface area contributed by atoms with Crippen LogP contribution in [0.4, 0.5) is 0 Å². The topological polar surface area (TPSA) is 26.0 Å². The van der Waals surface area contributed by atoms with E-state index in [0.717, 1.165) is 5.92 Å². The Hall–Kier alpha value is -0.820. The van der Waals surface area contributed by atoms with Gasteiger partial charge in [0.15, 0.2) is 0 Å². The quantitative estimate of drug-likeness (QED) is 0.786. The van der Waals surface area contributed by atoms with Gasteiger partial charge in [0.25, 0.3) is 0 Å². The first-order valence-electron chi connectivity index (χ1n) is 5.99. The summed E-state index contributed by atoms with van der Waals surface area (Å²) >= 11 is 0. The van der Waals surface area contributed by atoms with Gasteiger partial charge in [-0.25, -0.2) is 0 Å². The molecular weight excluding hydrogens is 182 g/mol. The predicted octanol–water partition coefficient (Wildman–Crippen LogP) is 2.84. The Kier molecular flexibility index (Phi) is 3.11. The Bertz CT molecular complexity index is 341. The van der Waals surface area contributed by atoms with Crippen molar-refractivity contribution in [1.29, 1.82) is 0 Å². The third-order valence-electron chi connectivity index (χ3n) is 3.53. The third-order valence-corrected chi connectivity index (χ3v) is 3.53. The number of hydrogen-bond donors (Lipinski definition) is 1. The van der Waals surface area contributed by atoms with Crippen LogP contribution in [0.2, 0.25) is 0 Å². The number of nitrogens with two attached hydrogens (primary N) is 1. The molecule has 0 saturated carbocycles. The second kappa shape index (κ2) is 4.36. The second-order valence-electron chi connectivity index (χ2n) is 5.03. The molecule has 1 aliphatic rings. The highest BCUT2D eigenvalue weighted by Crippen LogP contribution is 2.29. The molecule has 0 heterocycles. The van der Waals surface area contributed by atoms with Crippen LogP contribution in [0.3, 0.4) is 0 Å². The summed E-state index contributed by atoms with van der Waals surface area (Å²) in [5.74, 6) is 0.804. The molecule has 0 bridgehead atoms. The first kappa shape index (κ1) is 10.7. The Balaban J connectivity index is 2.15. The van der Waals surface area contributed by atoms with Crippen molar-refractivity contribution >= 4 is 0 Å². The maximum atomic E-state index is 5.88. The minimum absolute atomic E-state index is 0.348. The molecule has 0 aromatic heterocycles. The number of benzene rings is 1. The van der Waals surface area contributed by atoms with E-state index in [1.54, 1.807) is 11.1 Å². The van der Waals surface area contributed by atoms with Crippen LogP contribution in [0.1, 0.15) is 36.5 Å². The van der Waals surface area contributed by atoms with Gasteiger partial charge in [0, 0.05) is 6.04 Å². The lowest BCUT2D eigenvalue weighted by molar-refractivity contribution is 0.397. The zero-order valence-corrected chi connectivity index (χ0v) is 9.79. The fourth-order valence-electron chi connectivity index (χ4n) is 2.77.